The fourth-order valence-electron chi connectivity index (χ4n) is 1.49. The minimum absolute atomic E-state index is 0.176. The molecule has 0 aliphatic carbocycles. The summed E-state index contributed by atoms with van der Waals surface area (Å²) in [5, 5.41) is 0. The van der Waals surface area contributed by atoms with Gasteiger partial charge in [-0.3, -0.25) is 0 Å². The van der Waals surface area contributed by atoms with Crippen molar-refractivity contribution in [1.82, 2.24) is 9.97 Å². The molecule has 0 fully saturated rings. The van der Waals surface area contributed by atoms with Crippen molar-refractivity contribution in [2.45, 2.75) is 20.8 Å². The van der Waals surface area contributed by atoms with E-state index < -0.39 is 0 Å². The van der Waals surface area contributed by atoms with Gasteiger partial charge in [-0.15, -0.1) is 0 Å². The minimum atomic E-state index is 0.176. The number of rotatable bonds is 4. The van der Waals surface area contributed by atoms with Crippen molar-refractivity contribution in [3.8, 4) is 0 Å². The summed E-state index contributed by atoms with van der Waals surface area (Å²) in [6.45, 7) is 6.63. The number of anilines is 1. The molecule has 0 aliphatic rings. The molecule has 0 radical (unpaired) electrons. The Balaban J connectivity index is 2.80. The molecular formula is C11H18N4S. The summed E-state index contributed by atoms with van der Waals surface area (Å²) in [5.74, 6) is 1.87. The van der Waals surface area contributed by atoms with E-state index >= 15 is 0 Å². The Bertz CT molecular complexity index is 371. The van der Waals surface area contributed by atoms with Crippen LogP contribution in [0, 0.1) is 19.8 Å². The third kappa shape index (κ3) is 3.41. The van der Waals surface area contributed by atoms with Crippen LogP contribution in [0.1, 0.15) is 18.4 Å². The molecule has 0 saturated carbocycles. The van der Waals surface area contributed by atoms with Crippen LogP contribution in [0.5, 0.6) is 0 Å². The molecule has 0 saturated heterocycles. The largest absolute Gasteiger partial charge is 0.393 e. The normalized spacial score (nSPS) is 12.2. The second-order valence-electron chi connectivity index (χ2n) is 4.10. The van der Waals surface area contributed by atoms with Crippen LogP contribution in [0.2, 0.25) is 0 Å². The topological polar surface area (TPSA) is 55.0 Å². The first kappa shape index (κ1) is 12.8. The van der Waals surface area contributed by atoms with E-state index in [9.17, 15) is 0 Å². The van der Waals surface area contributed by atoms with Crippen LogP contribution < -0.4 is 10.6 Å². The van der Waals surface area contributed by atoms with Gasteiger partial charge in [0.15, 0.2) is 0 Å². The SMILES string of the molecule is Cc1cc(N(C)CC(C)C(N)=S)nc(C)n1. The molecule has 1 aromatic rings. The van der Waals surface area contributed by atoms with Gasteiger partial charge in [-0.25, -0.2) is 9.97 Å². The Morgan fingerprint density at radius 1 is 1.50 bits per heavy atom. The van der Waals surface area contributed by atoms with Gasteiger partial charge in [0.1, 0.15) is 11.6 Å². The minimum Gasteiger partial charge on any atom is -0.393 e. The summed E-state index contributed by atoms with van der Waals surface area (Å²) in [7, 11) is 1.98. The summed E-state index contributed by atoms with van der Waals surface area (Å²) >= 11 is 4.96. The third-order valence-corrected chi connectivity index (χ3v) is 2.78. The Hall–Kier alpha value is -1.23. The van der Waals surface area contributed by atoms with E-state index in [4.69, 9.17) is 18.0 Å². The third-order valence-electron chi connectivity index (χ3n) is 2.38. The Morgan fingerprint density at radius 3 is 2.62 bits per heavy atom. The zero-order valence-corrected chi connectivity index (χ0v) is 11.0. The second kappa shape index (κ2) is 5.21. The van der Waals surface area contributed by atoms with Crippen molar-refractivity contribution in [1.29, 1.82) is 0 Å². The number of nitrogens with zero attached hydrogens (tertiary/aromatic N) is 3. The van der Waals surface area contributed by atoms with E-state index in [1.807, 2.05) is 38.8 Å². The molecule has 0 bridgehead atoms. The van der Waals surface area contributed by atoms with Crippen LogP contribution in [0.15, 0.2) is 6.07 Å². The van der Waals surface area contributed by atoms with E-state index in [1.165, 1.54) is 0 Å². The van der Waals surface area contributed by atoms with Gasteiger partial charge in [-0.2, -0.15) is 0 Å². The molecule has 1 atom stereocenters. The molecule has 0 spiro atoms. The zero-order valence-electron chi connectivity index (χ0n) is 10.2. The highest BCUT2D eigenvalue weighted by Gasteiger charge is 2.11. The molecule has 5 heteroatoms. The van der Waals surface area contributed by atoms with E-state index in [1.54, 1.807) is 0 Å². The lowest BCUT2D eigenvalue weighted by Gasteiger charge is -2.22. The maximum absolute atomic E-state index is 5.59. The first-order chi connectivity index (χ1) is 7.40. The second-order valence-corrected chi connectivity index (χ2v) is 4.57. The van der Waals surface area contributed by atoms with E-state index in [-0.39, 0.29) is 5.92 Å². The number of hydrogen-bond acceptors (Lipinski definition) is 4. The summed E-state index contributed by atoms with van der Waals surface area (Å²) in [6.07, 6.45) is 0. The Labute approximate surface area is 102 Å². The maximum atomic E-state index is 5.59. The van der Waals surface area contributed by atoms with Gasteiger partial charge in [-0.1, -0.05) is 19.1 Å². The van der Waals surface area contributed by atoms with E-state index in [0.717, 1.165) is 23.9 Å². The maximum Gasteiger partial charge on any atom is 0.132 e. The molecule has 0 aliphatic heterocycles. The highest BCUT2D eigenvalue weighted by atomic mass is 32.1. The molecule has 0 aromatic carbocycles. The molecular weight excluding hydrogens is 220 g/mol. The molecule has 4 nitrogen and oxygen atoms in total. The quantitative estimate of drug-likeness (QED) is 0.805. The highest BCUT2D eigenvalue weighted by Crippen LogP contribution is 2.12. The van der Waals surface area contributed by atoms with Crippen LogP contribution >= 0.6 is 12.2 Å². The lowest BCUT2D eigenvalue weighted by molar-refractivity contribution is 0.731. The van der Waals surface area contributed by atoms with Gasteiger partial charge in [0.2, 0.25) is 0 Å². The molecule has 1 unspecified atom stereocenters. The lowest BCUT2D eigenvalue weighted by atomic mass is 10.2. The predicted molar refractivity (Wildman–Crippen MR) is 70.7 cm³/mol. The molecule has 16 heavy (non-hydrogen) atoms. The Kier molecular flexibility index (Phi) is 4.18. The van der Waals surface area contributed by atoms with Crippen LogP contribution in [0.4, 0.5) is 5.82 Å². The molecule has 0 amide bonds. The summed E-state index contributed by atoms with van der Waals surface area (Å²) < 4.78 is 0. The van der Waals surface area contributed by atoms with E-state index in [0.29, 0.717) is 4.99 Å². The van der Waals surface area contributed by atoms with Crippen LogP contribution in [-0.4, -0.2) is 28.5 Å². The summed E-state index contributed by atoms with van der Waals surface area (Å²) in [6, 6.07) is 1.96. The highest BCUT2D eigenvalue weighted by molar-refractivity contribution is 7.80. The van der Waals surface area contributed by atoms with Gasteiger partial charge >= 0.3 is 0 Å². The first-order valence-electron chi connectivity index (χ1n) is 5.23. The van der Waals surface area contributed by atoms with Crippen LogP contribution in [-0.2, 0) is 0 Å². The average molecular weight is 238 g/mol. The van der Waals surface area contributed by atoms with Crippen molar-refractivity contribution in [3.05, 3.63) is 17.6 Å². The van der Waals surface area contributed by atoms with Gasteiger partial charge in [0.05, 0.1) is 4.99 Å². The zero-order chi connectivity index (χ0) is 12.3. The molecule has 1 heterocycles. The number of aryl methyl sites for hydroxylation is 2. The van der Waals surface area contributed by atoms with Crippen molar-refractivity contribution in [3.63, 3.8) is 0 Å². The van der Waals surface area contributed by atoms with Crippen molar-refractivity contribution in [2.75, 3.05) is 18.5 Å². The molecule has 2 N–H and O–H groups in total. The van der Waals surface area contributed by atoms with E-state index in [2.05, 4.69) is 9.97 Å². The molecule has 1 rings (SSSR count). The summed E-state index contributed by atoms with van der Waals surface area (Å²) in [4.78, 5) is 11.2. The average Bonchev–Trinajstić information content (AvgIpc) is 2.15. The predicted octanol–water partition coefficient (Wildman–Crippen LogP) is 1.45. The monoisotopic (exact) mass is 238 g/mol. The van der Waals surface area contributed by atoms with Gasteiger partial charge < -0.3 is 10.6 Å². The van der Waals surface area contributed by atoms with Crippen LogP contribution in [0.25, 0.3) is 0 Å². The molecule has 88 valence electrons. The van der Waals surface area contributed by atoms with Gasteiger partial charge in [0.25, 0.3) is 0 Å². The fraction of sp³-hybridized carbons (Fsp3) is 0.545. The fourth-order valence-corrected chi connectivity index (χ4v) is 1.56. The smallest absolute Gasteiger partial charge is 0.132 e. The lowest BCUT2D eigenvalue weighted by Crippen LogP contribution is -2.32. The van der Waals surface area contributed by atoms with Crippen molar-refractivity contribution >= 4 is 23.0 Å². The van der Waals surface area contributed by atoms with Crippen molar-refractivity contribution in [2.24, 2.45) is 11.7 Å². The van der Waals surface area contributed by atoms with Crippen molar-refractivity contribution < 1.29 is 0 Å². The summed E-state index contributed by atoms with van der Waals surface area (Å²) in [5.41, 5.74) is 6.56. The number of aromatic nitrogens is 2. The first-order valence-corrected chi connectivity index (χ1v) is 5.63. The number of hydrogen-bond donors (Lipinski definition) is 1. The number of nitrogens with two attached hydrogens (primary N) is 1. The Morgan fingerprint density at radius 2 is 2.12 bits per heavy atom. The number of thiocarbonyl (C=S) groups is 1. The molecule has 1 aromatic heterocycles. The van der Waals surface area contributed by atoms with Crippen LogP contribution in [0.3, 0.4) is 0 Å². The van der Waals surface area contributed by atoms with Gasteiger partial charge in [0, 0.05) is 31.3 Å². The van der Waals surface area contributed by atoms with Gasteiger partial charge in [-0.05, 0) is 13.8 Å². The standard InChI is InChI=1S/C11H18N4S/c1-7(11(12)16)6-15(4)10-5-8(2)13-9(3)14-10/h5,7H,6H2,1-4H3,(H2,12,16).